The van der Waals surface area contributed by atoms with Crippen molar-refractivity contribution >= 4 is 23.6 Å². The Labute approximate surface area is 160 Å². The van der Waals surface area contributed by atoms with Crippen LogP contribution in [0.25, 0.3) is 17.6 Å². The summed E-state index contributed by atoms with van der Waals surface area (Å²) in [6, 6.07) is 8.47. The summed E-state index contributed by atoms with van der Waals surface area (Å²) in [5.74, 6) is 1.36. The first kappa shape index (κ1) is 18.6. The molecule has 0 spiro atoms. The molecule has 2 heterocycles. The van der Waals surface area contributed by atoms with E-state index in [9.17, 15) is 4.79 Å². The molecule has 1 aromatic carbocycles. The Morgan fingerprint density at radius 2 is 2.07 bits per heavy atom. The largest absolute Gasteiger partial charge is 0.493 e. The molecule has 0 aliphatic rings. The fourth-order valence-corrected chi connectivity index (χ4v) is 2.60. The molecule has 0 unspecified atom stereocenters. The number of carbonyl (C=O) groups excluding carboxylic acids is 1. The van der Waals surface area contributed by atoms with Gasteiger partial charge >= 0.3 is 5.97 Å². The number of hydrogen-bond acceptors (Lipinski definition) is 7. The van der Waals surface area contributed by atoms with Crippen LogP contribution in [0.2, 0.25) is 5.02 Å². The summed E-state index contributed by atoms with van der Waals surface area (Å²) in [6.07, 6.45) is 4.38. The molecule has 8 heteroatoms. The maximum Gasteiger partial charge on any atom is 0.331 e. The van der Waals surface area contributed by atoms with Gasteiger partial charge in [-0.2, -0.15) is 0 Å². The summed E-state index contributed by atoms with van der Waals surface area (Å²) in [7, 11) is 3.00. The molecule has 3 rings (SSSR count). The van der Waals surface area contributed by atoms with Crippen molar-refractivity contribution in [3.63, 3.8) is 0 Å². The van der Waals surface area contributed by atoms with E-state index in [-0.39, 0.29) is 6.61 Å². The second kappa shape index (κ2) is 8.46. The van der Waals surface area contributed by atoms with Gasteiger partial charge in [-0.1, -0.05) is 16.8 Å². The van der Waals surface area contributed by atoms with Crippen molar-refractivity contribution in [1.29, 1.82) is 0 Å². The van der Waals surface area contributed by atoms with Crippen LogP contribution in [-0.4, -0.2) is 25.3 Å². The first-order chi connectivity index (χ1) is 13.1. The first-order valence-corrected chi connectivity index (χ1v) is 8.24. The molecule has 0 N–H and O–H groups in total. The van der Waals surface area contributed by atoms with Crippen molar-refractivity contribution in [2.45, 2.75) is 6.61 Å². The summed E-state index contributed by atoms with van der Waals surface area (Å²) >= 11 is 6.13. The van der Waals surface area contributed by atoms with Crippen LogP contribution in [0.3, 0.4) is 0 Å². The van der Waals surface area contributed by atoms with Gasteiger partial charge in [0.05, 0.1) is 25.5 Å². The van der Waals surface area contributed by atoms with E-state index in [4.69, 9.17) is 34.8 Å². The van der Waals surface area contributed by atoms with E-state index in [0.717, 1.165) is 0 Å². The minimum atomic E-state index is -0.538. The molecular formula is C19H16ClNO6. The minimum absolute atomic E-state index is 0.0277. The van der Waals surface area contributed by atoms with Gasteiger partial charge in [0.1, 0.15) is 12.3 Å². The van der Waals surface area contributed by atoms with Crippen molar-refractivity contribution in [2.75, 3.05) is 14.2 Å². The summed E-state index contributed by atoms with van der Waals surface area (Å²) in [5, 5.41) is 4.20. The Morgan fingerprint density at radius 3 is 2.78 bits per heavy atom. The third kappa shape index (κ3) is 4.51. The van der Waals surface area contributed by atoms with E-state index in [0.29, 0.717) is 39.3 Å². The van der Waals surface area contributed by atoms with Crippen LogP contribution in [0.5, 0.6) is 11.5 Å². The normalized spacial score (nSPS) is 10.9. The molecule has 0 aliphatic heterocycles. The van der Waals surface area contributed by atoms with Gasteiger partial charge in [0.2, 0.25) is 5.76 Å². The van der Waals surface area contributed by atoms with Crippen LogP contribution < -0.4 is 9.47 Å². The third-order valence-corrected chi connectivity index (χ3v) is 3.83. The smallest absolute Gasteiger partial charge is 0.331 e. The molecule has 27 heavy (non-hydrogen) atoms. The average Bonchev–Trinajstić information content (AvgIpc) is 3.35. The fourth-order valence-electron chi connectivity index (χ4n) is 2.31. The fraction of sp³-hybridized carbons (Fsp3) is 0.158. The topological polar surface area (TPSA) is 83.9 Å². The minimum Gasteiger partial charge on any atom is -0.493 e. The predicted molar refractivity (Wildman–Crippen MR) is 97.6 cm³/mol. The summed E-state index contributed by atoms with van der Waals surface area (Å²) in [6.45, 7) is -0.0277. The lowest BCUT2D eigenvalue weighted by Crippen LogP contribution is -2.00. The van der Waals surface area contributed by atoms with Gasteiger partial charge in [-0.05, 0) is 35.9 Å². The summed E-state index contributed by atoms with van der Waals surface area (Å²) in [4.78, 5) is 11.9. The molecule has 0 saturated heterocycles. The highest BCUT2D eigenvalue weighted by Crippen LogP contribution is 2.36. The number of hydrogen-bond donors (Lipinski definition) is 0. The molecule has 0 atom stereocenters. The Balaban J connectivity index is 1.60. The lowest BCUT2D eigenvalue weighted by molar-refractivity contribution is -0.139. The van der Waals surface area contributed by atoms with E-state index in [2.05, 4.69) is 5.16 Å². The number of rotatable bonds is 7. The SMILES string of the molecule is COc1cc(/C=C/C(=O)OCc2cc(-c3ccco3)on2)cc(Cl)c1OC. The lowest BCUT2D eigenvalue weighted by atomic mass is 10.2. The van der Waals surface area contributed by atoms with E-state index < -0.39 is 5.97 Å². The molecule has 0 fully saturated rings. The van der Waals surface area contributed by atoms with Gasteiger partial charge in [-0.15, -0.1) is 0 Å². The molecule has 0 saturated carbocycles. The third-order valence-electron chi connectivity index (χ3n) is 3.55. The Bertz CT molecular complexity index is 945. The maximum atomic E-state index is 11.9. The van der Waals surface area contributed by atoms with Crippen LogP contribution in [-0.2, 0) is 16.1 Å². The highest BCUT2D eigenvalue weighted by molar-refractivity contribution is 6.32. The monoisotopic (exact) mass is 389 g/mol. The van der Waals surface area contributed by atoms with Crippen molar-refractivity contribution in [3.05, 3.63) is 59.0 Å². The Kier molecular flexibility index (Phi) is 5.83. The molecule has 2 aromatic heterocycles. The van der Waals surface area contributed by atoms with E-state index in [1.807, 2.05) is 0 Å². The van der Waals surface area contributed by atoms with Crippen molar-refractivity contribution in [1.82, 2.24) is 5.16 Å². The molecule has 140 valence electrons. The Hall–Kier alpha value is -3.19. The second-order valence-corrected chi connectivity index (χ2v) is 5.75. The van der Waals surface area contributed by atoms with Crippen LogP contribution in [0.1, 0.15) is 11.3 Å². The molecular weight excluding hydrogens is 374 g/mol. The molecule has 3 aromatic rings. The number of carbonyl (C=O) groups is 1. The number of halogens is 1. The summed E-state index contributed by atoms with van der Waals surface area (Å²) < 4.78 is 25.9. The standard InChI is InChI=1S/C19H16ClNO6/c1-23-17-9-12(8-14(20)19(17)24-2)5-6-18(22)26-11-13-10-16(27-21-13)15-4-3-7-25-15/h3-10H,11H2,1-2H3/b6-5+. The Morgan fingerprint density at radius 1 is 1.22 bits per heavy atom. The number of ether oxygens (including phenoxy) is 3. The zero-order valence-corrected chi connectivity index (χ0v) is 15.4. The van der Waals surface area contributed by atoms with Gasteiger partial charge in [0.25, 0.3) is 0 Å². The molecule has 0 aliphatic carbocycles. The number of esters is 1. The number of nitrogens with zero attached hydrogens (tertiary/aromatic N) is 1. The van der Waals surface area contributed by atoms with Crippen molar-refractivity contribution < 1.29 is 27.9 Å². The average molecular weight is 390 g/mol. The van der Waals surface area contributed by atoms with Gasteiger partial charge in [0.15, 0.2) is 17.3 Å². The van der Waals surface area contributed by atoms with Crippen LogP contribution >= 0.6 is 11.6 Å². The van der Waals surface area contributed by atoms with Crippen LogP contribution in [0.15, 0.2) is 51.6 Å². The highest BCUT2D eigenvalue weighted by Gasteiger charge is 2.11. The molecule has 7 nitrogen and oxygen atoms in total. The first-order valence-electron chi connectivity index (χ1n) is 7.86. The maximum absolute atomic E-state index is 11.9. The van der Waals surface area contributed by atoms with Crippen LogP contribution in [0, 0.1) is 0 Å². The van der Waals surface area contributed by atoms with Gasteiger partial charge in [0, 0.05) is 12.1 Å². The van der Waals surface area contributed by atoms with Gasteiger partial charge in [-0.25, -0.2) is 4.79 Å². The lowest BCUT2D eigenvalue weighted by Gasteiger charge is -2.10. The number of benzene rings is 1. The van der Waals surface area contributed by atoms with Gasteiger partial charge in [-0.3, -0.25) is 0 Å². The molecule has 0 amide bonds. The second-order valence-electron chi connectivity index (χ2n) is 5.34. The highest BCUT2D eigenvalue weighted by atomic mass is 35.5. The number of furan rings is 1. The zero-order valence-electron chi connectivity index (χ0n) is 14.6. The van der Waals surface area contributed by atoms with E-state index in [1.54, 1.807) is 36.4 Å². The van der Waals surface area contributed by atoms with Crippen molar-refractivity contribution in [3.8, 4) is 23.0 Å². The number of methoxy groups -OCH3 is 2. The summed E-state index contributed by atoms with van der Waals surface area (Å²) in [5.41, 5.74) is 1.13. The van der Waals surface area contributed by atoms with E-state index in [1.165, 1.54) is 26.6 Å². The van der Waals surface area contributed by atoms with Gasteiger partial charge < -0.3 is 23.2 Å². The molecule has 0 radical (unpaired) electrons. The predicted octanol–water partition coefficient (Wildman–Crippen LogP) is 4.36. The molecule has 0 bridgehead atoms. The quantitative estimate of drug-likeness (QED) is 0.438. The number of aromatic nitrogens is 1. The zero-order chi connectivity index (χ0) is 19.2. The van der Waals surface area contributed by atoms with Crippen molar-refractivity contribution in [2.24, 2.45) is 0 Å². The van der Waals surface area contributed by atoms with E-state index >= 15 is 0 Å². The van der Waals surface area contributed by atoms with Crippen LogP contribution in [0.4, 0.5) is 0 Å².